The number of benzene rings is 1. The van der Waals surface area contributed by atoms with Gasteiger partial charge in [0.15, 0.2) is 0 Å². The number of fused-ring (bicyclic) bond motifs is 2. The molecule has 5 heteroatoms. The van der Waals surface area contributed by atoms with Crippen molar-refractivity contribution in [3.63, 3.8) is 0 Å². The van der Waals surface area contributed by atoms with Crippen molar-refractivity contribution >= 4 is 23.6 Å². The smallest absolute Gasteiger partial charge is 0.330 e. The molecule has 4 rings (SSSR count). The summed E-state index contributed by atoms with van der Waals surface area (Å²) in [5.41, 5.74) is 1.58. The van der Waals surface area contributed by atoms with E-state index < -0.39 is 11.5 Å². The Bertz CT molecular complexity index is 668. The Balaban J connectivity index is 1.55. The Hall–Kier alpha value is -1.49. The highest BCUT2D eigenvalue weighted by molar-refractivity contribution is 7.99. The summed E-state index contributed by atoms with van der Waals surface area (Å²) in [5, 5.41) is 12.4. The maximum absolute atomic E-state index is 12.8. The first-order valence-electron chi connectivity index (χ1n) is 8.29. The number of amides is 1. The van der Waals surface area contributed by atoms with Crippen molar-refractivity contribution in [2.24, 2.45) is 5.92 Å². The third-order valence-corrected chi connectivity index (χ3v) is 7.00. The molecular weight excluding hydrogens is 310 g/mol. The van der Waals surface area contributed by atoms with Crippen molar-refractivity contribution in [3.8, 4) is 0 Å². The van der Waals surface area contributed by atoms with Crippen molar-refractivity contribution < 1.29 is 14.7 Å². The normalized spacial score (nSPS) is 34.9. The zero-order valence-electron chi connectivity index (χ0n) is 13.0. The van der Waals surface area contributed by atoms with Gasteiger partial charge in [-0.05, 0) is 49.0 Å². The first-order valence-corrected chi connectivity index (χ1v) is 9.44. The van der Waals surface area contributed by atoms with E-state index in [1.165, 1.54) is 11.1 Å². The lowest BCUT2D eigenvalue weighted by atomic mass is 9.78. The van der Waals surface area contributed by atoms with Crippen LogP contribution in [0.4, 0.5) is 0 Å². The molecule has 1 saturated heterocycles. The topological polar surface area (TPSA) is 66.4 Å². The number of carboxylic acids is 1. The van der Waals surface area contributed by atoms with Crippen LogP contribution in [0.15, 0.2) is 24.3 Å². The summed E-state index contributed by atoms with van der Waals surface area (Å²) in [6.45, 7) is 0. The fourth-order valence-corrected chi connectivity index (χ4v) is 5.71. The second-order valence-electron chi connectivity index (χ2n) is 7.10. The van der Waals surface area contributed by atoms with Crippen LogP contribution in [0.2, 0.25) is 0 Å². The number of rotatable bonds is 3. The minimum Gasteiger partial charge on any atom is -0.479 e. The molecule has 3 atom stereocenters. The minimum absolute atomic E-state index is 0.0373. The first-order chi connectivity index (χ1) is 11.1. The molecule has 2 aliphatic carbocycles. The molecule has 1 amide bonds. The molecule has 1 heterocycles. The van der Waals surface area contributed by atoms with Gasteiger partial charge < -0.3 is 10.4 Å². The third-order valence-electron chi connectivity index (χ3n) is 5.81. The Labute approximate surface area is 140 Å². The van der Waals surface area contributed by atoms with E-state index in [-0.39, 0.29) is 17.2 Å². The second-order valence-corrected chi connectivity index (χ2v) is 8.21. The van der Waals surface area contributed by atoms with Crippen LogP contribution >= 0.6 is 11.8 Å². The highest BCUT2D eigenvalue weighted by Crippen LogP contribution is 2.60. The highest BCUT2D eigenvalue weighted by Gasteiger charge is 2.61. The van der Waals surface area contributed by atoms with E-state index in [0.29, 0.717) is 12.2 Å². The average molecular weight is 331 g/mol. The van der Waals surface area contributed by atoms with E-state index in [1.54, 1.807) is 11.8 Å². The lowest BCUT2D eigenvalue weighted by molar-refractivity contribution is -0.146. The van der Waals surface area contributed by atoms with Crippen molar-refractivity contribution in [3.05, 3.63) is 35.4 Å². The van der Waals surface area contributed by atoms with Gasteiger partial charge in [-0.2, -0.15) is 11.8 Å². The summed E-state index contributed by atoms with van der Waals surface area (Å²) in [6.07, 6.45) is 4.62. The van der Waals surface area contributed by atoms with Crippen LogP contribution in [0, 0.1) is 5.92 Å². The first kappa shape index (κ1) is 15.1. The standard InChI is InChI=1S/C18H21NO3S/c20-15(19-18(16(21)22)8-9-23-11-18)14-10-17(14)7-3-5-12-4-1-2-6-13(12)17/h1-2,4,6,14H,3,5,7-11H2,(H,19,20)(H,21,22). The molecule has 4 nitrogen and oxygen atoms in total. The van der Waals surface area contributed by atoms with Crippen LogP contribution in [0.1, 0.15) is 36.8 Å². The fourth-order valence-electron chi connectivity index (χ4n) is 4.38. The summed E-state index contributed by atoms with van der Waals surface area (Å²) in [7, 11) is 0. The number of hydrogen-bond acceptors (Lipinski definition) is 3. The molecule has 1 aromatic carbocycles. The number of thioether (sulfide) groups is 1. The maximum Gasteiger partial charge on any atom is 0.330 e. The quantitative estimate of drug-likeness (QED) is 0.892. The van der Waals surface area contributed by atoms with Gasteiger partial charge in [0.05, 0.1) is 0 Å². The molecule has 0 radical (unpaired) electrons. The zero-order valence-corrected chi connectivity index (χ0v) is 13.8. The van der Waals surface area contributed by atoms with E-state index in [2.05, 4.69) is 23.5 Å². The van der Waals surface area contributed by atoms with Crippen molar-refractivity contribution in [2.75, 3.05) is 11.5 Å². The van der Waals surface area contributed by atoms with Crippen molar-refractivity contribution in [1.82, 2.24) is 5.32 Å². The van der Waals surface area contributed by atoms with Crippen LogP contribution in [-0.4, -0.2) is 34.0 Å². The molecule has 0 bridgehead atoms. The molecule has 2 fully saturated rings. The highest BCUT2D eigenvalue weighted by atomic mass is 32.2. The number of hydrogen-bond donors (Lipinski definition) is 2. The summed E-state index contributed by atoms with van der Waals surface area (Å²) >= 11 is 1.60. The van der Waals surface area contributed by atoms with Crippen LogP contribution in [0.3, 0.4) is 0 Å². The molecule has 1 aromatic rings. The molecule has 1 saturated carbocycles. The molecular formula is C18H21NO3S. The molecule has 3 aliphatic rings. The summed E-state index contributed by atoms with van der Waals surface area (Å²) in [6, 6.07) is 8.42. The van der Waals surface area contributed by atoms with Gasteiger partial charge in [-0.15, -0.1) is 0 Å². The molecule has 23 heavy (non-hydrogen) atoms. The summed E-state index contributed by atoms with van der Waals surface area (Å²) < 4.78 is 0. The summed E-state index contributed by atoms with van der Waals surface area (Å²) in [4.78, 5) is 24.4. The average Bonchev–Trinajstić information content (AvgIpc) is 3.05. The lowest BCUT2D eigenvalue weighted by Gasteiger charge is -2.28. The predicted octanol–water partition coefficient (Wildman–Crippen LogP) is 2.36. The predicted molar refractivity (Wildman–Crippen MR) is 89.6 cm³/mol. The SMILES string of the molecule is O=C(NC1(C(=O)O)CCSC1)C1CC12CCCc1ccccc12. The van der Waals surface area contributed by atoms with Crippen LogP contribution in [0.5, 0.6) is 0 Å². The Morgan fingerprint density at radius 1 is 1.26 bits per heavy atom. The monoisotopic (exact) mass is 331 g/mol. The molecule has 1 spiro atoms. The van der Waals surface area contributed by atoms with Crippen LogP contribution < -0.4 is 5.32 Å². The zero-order chi connectivity index (χ0) is 16.1. The van der Waals surface area contributed by atoms with Gasteiger partial charge in [0.25, 0.3) is 0 Å². The van der Waals surface area contributed by atoms with Crippen molar-refractivity contribution in [2.45, 2.75) is 43.1 Å². The van der Waals surface area contributed by atoms with Crippen LogP contribution in [-0.2, 0) is 21.4 Å². The van der Waals surface area contributed by atoms with E-state index in [4.69, 9.17) is 0 Å². The van der Waals surface area contributed by atoms with Gasteiger partial charge in [-0.3, -0.25) is 4.79 Å². The van der Waals surface area contributed by atoms with Gasteiger partial charge in [-0.25, -0.2) is 4.79 Å². The lowest BCUT2D eigenvalue weighted by Crippen LogP contribution is -2.55. The number of aryl methyl sites for hydroxylation is 1. The van der Waals surface area contributed by atoms with E-state index in [9.17, 15) is 14.7 Å². The van der Waals surface area contributed by atoms with Crippen LogP contribution in [0.25, 0.3) is 0 Å². The molecule has 2 N–H and O–H groups in total. The second kappa shape index (κ2) is 5.26. The molecule has 1 aliphatic heterocycles. The van der Waals surface area contributed by atoms with Gasteiger partial charge in [0.1, 0.15) is 5.54 Å². The van der Waals surface area contributed by atoms with E-state index in [0.717, 1.165) is 31.4 Å². The third kappa shape index (κ3) is 2.28. The van der Waals surface area contributed by atoms with Gasteiger partial charge in [0, 0.05) is 17.1 Å². The summed E-state index contributed by atoms with van der Waals surface area (Å²) in [5.74, 6) is 0.252. The van der Waals surface area contributed by atoms with E-state index >= 15 is 0 Å². The molecule has 0 aromatic heterocycles. The number of carbonyl (C=O) groups excluding carboxylic acids is 1. The van der Waals surface area contributed by atoms with Gasteiger partial charge >= 0.3 is 5.97 Å². The Kier molecular flexibility index (Phi) is 3.45. The number of carboxylic acid groups (broad SMARTS) is 1. The van der Waals surface area contributed by atoms with Gasteiger partial charge in [-0.1, -0.05) is 24.3 Å². The Morgan fingerprint density at radius 2 is 2.09 bits per heavy atom. The Morgan fingerprint density at radius 3 is 2.83 bits per heavy atom. The molecule has 3 unspecified atom stereocenters. The molecule has 122 valence electrons. The largest absolute Gasteiger partial charge is 0.479 e. The minimum atomic E-state index is -1.06. The van der Waals surface area contributed by atoms with Crippen molar-refractivity contribution in [1.29, 1.82) is 0 Å². The number of nitrogens with one attached hydrogen (secondary N) is 1. The number of carbonyl (C=O) groups is 2. The van der Waals surface area contributed by atoms with E-state index in [1.807, 2.05) is 6.07 Å². The fraction of sp³-hybridized carbons (Fsp3) is 0.556. The maximum atomic E-state index is 12.8. The van der Waals surface area contributed by atoms with Gasteiger partial charge in [0.2, 0.25) is 5.91 Å². The number of aliphatic carboxylic acids is 1.